The quantitative estimate of drug-likeness (QED) is 0.872. The lowest BCUT2D eigenvalue weighted by atomic mass is 9.64. The van der Waals surface area contributed by atoms with E-state index in [0.29, 0.717) is 5.92 Å². The van der Waals surface area contributed by atoms with E-state index in [1.54, 1.807) is 0 Å². The SMILES string of the molecule is Cc1cc(F)cc(NC2(CO)CC(C)CC(C)(C)C2)c1. The van der Waals surface area contributed by atoms with Crippen molar-refractivity contribution in [2.24, 2.45) is 11.3 Å². The minimum Gasteiger partial charge on any atom is -0.394 e. The Hall–Kier alpha value is -1.09. The Morgan fingerprint density at radius 1 is 1.30 bits per heavy atom. The molecule has 1 saturated carbocycles. The van der Waals surface area contributed by atoms with Crippen LogP contribution in [0.2, 0.25) is 0 Å². The predicted octanol–water partition coefficient (Wildman–Crippen LogP) is 4.12. The van der Waals surface area contributed by atoms with Gasteiger partial charge >= 0.3 is 0 Å². The molecule has 0 aliphatic heterocycles. The van der Waals surface area contributed by atoms with Crippen molar-refractivity contribution in [2.45, 2.75) is 52.5 Å². The smallest absolute Gasteiger partial charge is 0.125 e. The van der Waals surface area contributed by atoms with Crippen LogP contribution in [0.4, 0.5) is 10.1 Å². The summed E-state index contributed by atoms with van der Waals surface area (Å²) in [6.45, 7) is 8.67. The molecule has 1 aromatic rings. The van der Waals surface area contributed by atoms with Crippen LogP contribution in [0.5, 0.6) is 0 Å². The van der Waals surface area contributed by atoms with Gasteiger partial charge in [-0.3, -0.25) is 0 Å². The molecule has 0 heterocycles. The summed E-state index contributed by atoms with van der Waals surface area (Å²) >= 11 is 0. The number of rotatable bonds is 3. The molecule has 2 unspecified atom stereocenters. The van der Waals surface area contributed by atoms with Gasteiger partial charge in [0.2, 0.25) is 0 Å². The van der Waals surface area contributed by atoms with E-state index in [0.717, 1.165) is 24.1 Å². The number of aliphatic hydroxyl groups excluding tert-OH is 1. The lowest BCUT2D eigenvalue weighted by molar-refractivity contribution is 0.0749. The minimum absolute atomic E-state index is 0.0797. The Labute approximate surface area is 121 Å². The molecular formula is C17H26FNO. The molecule has 2 nitrogen and oxygen atoms in total. The number of anilines is 1. The number of aryl methyl sites for hydroxylation is 1. The van der Waals surface area contributed by atoms with Crippen molar-refractivity contribution in [3.63, 3.8) is 0 Å². The van der Waals surface area contributed by atoms with Crippen molar-refractivity contribution in [2.75, 3.05) is 11.9 Å². The number of hydrogen-bond donors (Lipinski definition) is 2. The Bertz CT molecular complexity index is 466. The molecule has 0 amide bonds. The first-order valence-electron chi connectivity index (χ1n) is 7.40. The largest absolute Gasteiger partial charge is 0.394 e. The molecule has 0 saturated heterocycles. The van der Waals surface area contributed by atoms with Gasteiger partial charge in [-0.1, -0.05) is 20.8 Å². The van der Waals surface area contributed by atoms with Crippen LogP contribution in [-0.4, -0.2) is 17.3 Å². The van der Waals surface area contributed by atoms with Gasteiger partial charge in [-0.05, 0) is 61.3 Å². The molecular weight excluding hydrogens is 253 g/mol. The first kappa shape index (κ1) is 15.3. The molecule has 0 spiro atoms. The number of nitrogens with one attached hydrogen (secondary N) is 1. The van der Waals surface area contributed by atoms with Crippen LogP contribution >= 0.6 is 0 Å². The van der Waals surface area contributed by atoms with E-state index in [9.17, 15) is 9.50 Å². The molecule has 1 aromatic carbocycles. The zero-order valence-corrected chi connectivity index (χ0v) is 13.0. The van der Waals surface area contributed by atoms with Crippen LogP contribution < -0.4 is 5.32 Å². The lowest BCUT2D eigenvalue weighted by Crippen LogP contribution is -2.50. The fourth-order valence-corrected chi connectivity index (χ4v) is 4.11. The Balaban J connectivity index is 2.27. The van der Waals surface area contributed by atoms with Crippen LogP contribution in [-0.2, 0) is 0 Å². The maximum absolute atomic E-state index is 13.5. The van der Waals surface area contributed by atoms with Crippen LogP contribution in [0.3, 0.4) is 0 Å². The number of halogens is 1. The van der Waals surface area contributed by atoms with Crippen molar-refractivity contribution in [3.8, 4) is 0 Å². The van der Waals surface area contributed by atoms with Gasteiger partial charge in [0, 0.05) is 5.69 Å². The number of aliphatic hydroxyl groups is 1. The molecule has 20 heavy (non-hydrogen) atoms. The summed E-state index contributed by atoms with van der Waals surface area (Å²) in [6, 6.07) is 4.97. The monoisotopic (exact) mass is 279 g/mol. The van der Waals surface area contributed by atoms with Gasteiger partial charge in [0.25, 0.3) is 0 Å². The predicted molar refractivity (Wildman–Crippen MR) is 81.4 cm³/mol. The second kappa shape index (κ2) is 5.36. The molecule has 112 valence electrons. The average molecular weight is 279 g/mol. The fraction of sp³-hybridized carbons (Fsp3) is 0.647. The summed E-state index contributed by atoms with van der Waals surface area (Å²) in [4.78, 5) is 0. The zero-order valence-electron chi connectivity index (χ0n) is 13.0. The van der Waals surface area contributed by atoms with Crippen LogP contribution in [0.15, 0.2) is 18.2 Å². The summed E-state index contributed by atoms with van der Waals surface area (Å²) in [6.07, 6.45) is 2.98. The maximum Gasteiger partial charge on any atom is 0.125 e. The molecule has 1 aliphatic carbocycles. The number of hydrogen-bond acceptors (Lipinski definition) is 2. The van der Waals surface area contributed by atoms with Crippen molar-refractivity contribution >= 4 is 5.69 Å². The second-order valence-electron chi connectivity index (χ2n) is 7.44. The first-order valence-corrected chi connectivity index (χ1v) is 7.40. The highest BCUT2D eigenvalue weighted by Gasteiger charge is 2.42. The molecule has 2 N–H and O–H groups in total. The van der Waals surface area contributed by atoms with Crippen LogP contribution in [0, 0.1) is 24.1 Å². The van der Waals surface area contributed by atoms with Gasteiger partial charge in [-0.15, -0.1) is 0 Å². The fourth-order valence-electron chi connectivity index (χ4n) is 4.11. The lowest BCUT2D eigenvalue weighted by Gasteiger charge is -2.47. The summed E-state index contributed by atoms with van der Waals surface area (Å²) < 4.78 is 13.5. The molecule has 0 radical (unpaired) electrons. The summed E-state index contributed by atoms with van der Waals surface area (Å²) in [5.41, 5.74) is 1.50. The zero-order chi connectivity index (χ0) is 15.0. The van der Waals surface area contributed by atoms with E-state index in [1.165, 1.54) is 18.6 Å². The summed E-state index contributed by atoms with van der Waals surface area (Å²) in [7, 11) is 0. The van der Waals surface area contributed by atoms with Gasteiger partial charge < -0.3 is 10.4 Å². The van der Waals surface area contributed by atoms with E-state index in [-0.39, 0.29) is 23.4 Å². The Kier molecular flexibility index (Phi) is 4.10. The molecule has 2 rings (SSSR count). The van der Waals surface area contributed by atoms with E-state index in [1.807, 2.05) is 13.0 Å². The van der Waals surface area contributed by atoms with Gasteiger partial charge in [0.05, 0.1) is 12.1 Å². The summed E-state index contributed by atoms with van der Waals surface area (Å²) in [5, 5.41) is 13.4. The first-order chi connectivity index (χ1) is 9.23. The molecule has 1 fully saturated rings. The number of benzene rings is 1. The van der Waals surface area contributed by atoms with E-state index >= 15 is 0 Å². The highest BCUT2D eigenvalue weighted by molar-refractivity contribution is 5.48. The third-order valence-corrected chi connectivity index (χ3v) is 4.21. The third-order valence-electron chi connectivity index (χ3n) is 4.21. The van der Waals surface area contributed by atoms with Gasteiger partial charge in [-0.25, -0.2) is 4.39 Å². The topological polar surface area (TPSA) is 32.3 Å². The molecule has 1 aliphatic rings. The van der Waals surface area contributed by atoms with Crippen LogP contribution in [0.1, 0.15) is 45.6 Å². The molecule has 2 atom stereocenters. The van der Waals surface area contributed by atoms with Crippen molar-refractivity contribution in [3.05, 3.63) is 29.6 Å². The normalized spacial score (nSPS) is 29.2. The van der Waals surface area contributed by atoms with Crippen LogP contribution in [0.25, 0.3) is 0 Å². The van der Waals surface area contributed by atoms with E-state index in [4.69, 9.17) is 0 Å². The Morgan fingerprint density at radius 2 is 2.00 bits per heavy atom. The van der Waals surface area contributed by atoms with Crippen molar-refractivity contribution in [1.29, 1.82) is 0 Å². The Morgan fingerprint density at radius 3 is 2.55 bits per heavy atom. The van der Waals surface area contributed by atoms with E-state index in [2.05, 4.69) is 26.1 Å². The third kappa shape index (κ3) is 3.51. The minimum atomic E-state index is -0.346. The van der Waals surface area contributed by atoms with E-state index < -0.39 is 0 Å². The van der Waals surface area contributed by atoms with Crippen molar-refractivity contribution in [1.82, 2.24) is 0 Å². The molecule has 0 bridgehead atoms. The maximum atomic E-state index is 13.5. The average Bonchev–Trinajstić information content (AvgIpc) is 2.24. The van der Waals surface area contributed by atoms with Gasteiger partial charge in [-0.2, -0.15) is 0 Å². The van der Waals surface area contributed by atoms with Gasteiger partial charge in [0.15, 0.2) is 0 Å². The molecule has 3 heteroatoms. The summed E-state index contributed by atoms with van der Waals surface area (Å²) in [5.74, 6) is 0.316. The second-order valence-corrected chi connectivity index (χ2v) is 7.44. The highest BCUT2D eigenvalue weighted by atomic mass is 19.1. The standard InChI is InChI=1S/C17H26FNO/c1-12-5-14(18)7-15(6-12)19-17(11-20)9-13(2)8-16(3,4)10-17/h5-7,13,19-20H,8-11H2,1-4H3. The van der Waals surface area contributed by atoms with Crippen molar-refractivity contribution < 1.29 is 9.50 Å². The molecule has 0 aromatic heterocycles. The van der Waals surface area contributed by atoms with Gasteiger partial charge in [0.1, 0.15) is 5.82 Å². The highest BCUT2D eigenvalue weighted by Crippen LogP contribution is 2.45.